The third-order valence-electron chi connectivity index (χ3n) is 1.92. The maximum Gasteiger partial charge on any atom is 0.328 e. The van der Waals surface area contributed by atoms with Gasteiger partial charge in [-0.3, -0.25) is 4.79 Å². The van der Waals surface area contributed by atoms with Gasteiger partial charge < -0.3 is 9.84 Å². The van der Waals surface area contributed by atoms with Crippen molar-refractivity contribution < 1.29 is 23.8 Å². The molecular weight excluding hydrogens is 215 g/mol. The molecule has 0 heterocycles. The van der Waals surface area contributed by atoms with Crippen LogP contribution in [0.3, 0.4) is 0 Å². The average molecular weight is 224 g/mol. The maximum atomic E-state index is 13.5. The Balaban J connectivity index is 3.26. The van der Waals surface area contributed by atoms with Crippen molar-refractivity contribution >= 4 is 18.3 Å². The molecule has 0 aliphatic rings. The summed E-state index contributed by atoms with van der Waals surface area (Å²) in [6.07, 6.45) is 2.29. The summed E-state index contributed by atoms with van der Waals surface area (Å²) in [6, 6.07) is 2.73. The highest BCUT2D eigenvalue weighted by Gasteiger charge is 2.11. The molecule has 0 saturated heterocycles. The standard InChI is InChI=1S/C11H9FO4/c1-16-9-4-2-7(3-5-10(14)15)8(6-13)11(9)12/h2-6H,1H3,(H,14,15)/b5-3+. The third kappa shape index (κ3) is 2.44. The van der Waals surface area contributed by atoms with Crippen LogP contribution < -0.4 is 4.74 Å². The quantitative estimate of drug-likeness (QED) is 0.625. The summed E-state index contributed by atoms with van der Waals surface area (Å²) >= 11 is 0. The Morgan fingerprint density at radius 2 is 2.19 bits per heavy atom. The Hall–Kier alpha value is -2.17. The second-order valence-electron chi connectivity index (χ2n) is 2.87. The fraction of sp³-hybridized carbons (Fsp3) is 0.0909. The Morgan fingerprint density at radius 3 is 2.69 bits per heavy atom. The van der Waals surface area contributed by atoms with Gasteiger partial charge >= 0.3 is 5.97 Å². The molecule has 84 valence electrons. The largest absolute Gasteiger partial charge is 0.494 e. The first kappa shape index (κ1) is 11.9. The molecule has 0 aliphatic carbocycles. The van der Waals surface area contributed by atoms with Crippen molar-refractivity contribution in [3.63, 3.8) is 0 Å². The zero-order chi connectivity index (χ0) is 12.1. The van der Waals surface area contributed by atoms with E-state index in [-0.39, 0.29) is 16.9 Å². The lowest BCUT2D eigenvalue weighted by Crippen LogP contribution is -1.97. The van der Waals surface area contributed by atoms with E-state index in [0.717, 1.165) is 12.2 Å². The minimum absolute atomic E-state index is 0.0606. The molecule has 4 nitrogen and oxygen atoms in total. The first-order valence-corrected chi connectivity index (χ1v) is 4.32. The lowest BCUT2D eigenvalue weighted by Gasteiger charge is -2.05. The second kappa shape index (κ2) is 5.06. The van der Waals surface area contributed by atoms with E-state index in [4.69, 9.17) is 9.84 Å². The predicted molar refractivity (Wildman–Crippen MR) is 55.0 cm³/mol. The number of rotatable bonds is 4. The number of carbonyl (C=O) groups excluding carboxylic acids is 1. The molecule has 16 heavy (non-hydrogen) atoms. The van der Waals surface area contributed by atoms with Gasteiger partial charge in [0.25, 0.3) is 0 Å². The molecule has 0 atom stereocenters. The summed E-state index contributed by atoms with van der Waals surface area (Å²) in [5, 5.41) is 8.41. The predicted octanol–water partition coefficient (Wildman–Crippen LogP) is 1.74. The van der Waals surface area contributed by atoms with Gasteiger partial charge in [-0.15, -0.1) is 0 Å². The van der Waals surface area contributed by atoms with Crippen molar-refractivity contribution in [2.24, 2.45) is 0 Å². The molecule has 1 N–H and O–H groups in total. The van der Waals surface area contributed by atoms with Gasteiger partial charge in [-0.25, -0.2) is 9.18 Å². The fourth-order valence-electron chi connectivity index (χ4n) is 1.17. The van der Waals surface area contributed by atoms with Crippen molar-refractivity contribution in [2.75, 3.05) is 7.11 Å². The van der Waals surface area contributed by atoms with Gasteiger partial charge in [0.2, 0.25) is 0 Å². The topological polar surface area (TPSA) is 63.6 Å². The third-order valence-corrected chi connectivity index (χ3v) is 1.92. The van der Waals surface area contributed by atoms with Crippen LogP contribution in [-0.2, 0) is 4.79 Å². The number of benzene rings is 1. The van der Waals surface area contributed by atoms with E-state index < -0.39 is 11.8 Å². The summed E-state index contributed by atoms with van der Waals surface area (Å²) < 4.78 is 18.2. The molecule has 0 fully saturated rings. The normalized spacial score (nSPS) is 10.4. The van der Waals surface area contributed by atoms with E-state index in [1.54, 1.807) is 0 Å². The molecule has 0 aliphatic heterocycles. The van der Waals surface area contributed by atoms with Crippen LogP contribution >= 0.6 is 0 Å². The highest BCUT2D eigenvalue weighted by molar-refractivity contribution is 5.89. The molecule has 0 amide bonds. The number of aldehydes is 1. The number of aliphatic carboxylic acids is 1. The second-order valence-corrected chi connectivity index (χ2v) is 2.87. The average Bonchev–Trinajstić information content (AvgIpc) is 2.26. The van der Waals surface area contributed by atoms with Crippen molar-refractivity contribution in [3.8, 4) is 5.75 Å². The van der Waals surface area contributed by atoms with E-state index in [2.05, 4.69) is 0 Å². The van der Waals surface area contributed by atoms with Crippen LogP contribution in [0.1, 0.15) is 15.9 Å². The molecule has 0 radical (unpaired) electrons. The first-order valence-electron chi connectivity index (χ1n) is 4.32. The molecule has 0 unspecified atom stereocenters. The van der Waals surface area contributed by atoms with Crippen molar-refractivity contribution in [3.05, 3.63) is 35.2 Å². The molecule has 0 saturated carbocycles. The van der Waals surface area contributed by atoms with E-state index in [1.807, 2.05) is 0 Å². The van der Waals surface area contributed by atoms with Gasteiger partial charge in [0.05, 0.1) is 12.7 Å². The van der Waals surface area contributed by atoms with Gasteiger partial charge in [0, 0.05) is 6.08 Å². The monoisotopic (exact) mass is 224 g/mol. The van der Waals surface area contributed by atoms with Crippen LogP contribution in [-0.4, -0.2) is 24.5 Å². The Labute approximate surface area is 91.0 Å². The molecule has 0 aromatic heterocycles. The SMILES string of the molecule is COc1ccc(/C=C/C(=O)O)c(C=O)c1F. The highest BCUT2D eigenvalue weighted by atomic mass is 19.1. The summed E-state index contributed by atoms with van der Waals surface area (Å²) in [5.74, 6) is -2.03. The van der Waals surface area contributed by atoms with E-state index in [9.17, 15) is 14.0 Å². The Kier molecular flexibility index (Phi) is 3.77. The van der Waals surface area contributed by atoms with Crippen molar-refractivity contribution in [1.82, 2.24) is 0 Å². The van der Waals surface area contributed by atoms with Gasteiger partial charge in [-0.05, 0) is 17.7 Å². The maximum absolute atomic E-state index is 13.5. The molecular formula is C11H9FO4. The van der Waals surface area contributed by atoms with Crippen LogP contribution in [0.25, 0.3) is 6.08 Å². The minimum atomic E-state index is -1.17. The van der Waals surface area contributed by atoms with Crippen molar-refractivity contribution in [2.45, 2.75) is 0 Å². The number of carboxylic acid groups (broad SMARTS) is 1. The molecule has 1 rings (SSSR count). The smallest absolute Gasteiger partial charge is 0.328 e. The minimum Gasteiger partial charge on any atom is -0.494 e. The number of halogens is 1. The zero-order valence-corrected chi connectivity index (χ0v) is 8.44. The summed E-state index contributed by atoms with van der Waals surface area (Å²) in [7, 11) is 1.28. The first-order chi connectivity index (χ1) is 7.60. The van der Waals surface area contributed by atoms with Crippen LogP contribution in [0, 0.1) is 5.82 Å². The molecule has 1 aromatic rings. The highest BCUT2D eigenvalue weighted by Crippen LogP contribution is 2.23. The van der Waals surface area contributed by atoms with Crippen LogP contribution in [0.5, 0.6) is 5.75 Å². The van der Waals surface area contributed by atoms with E-state index in [0.29, 0.717) is 6.29 Å². The fourth-order valence-corrected chi connectivity index (χ4v) is 1.17. The van der Waals surface area contributed by atoms with Crippen molar-refractivity contribution in [1.29, 1.82) is 0 Å². The number of hydrogen-bond acceptors (Lipinski definition) is 3. The Bertz CT molecular complexity index is 452. The lowest BCUT2D eigenvalue weighted by atomic mass is 10.1. The summed E-state index contributed by atoms with van der Waals surface area (Å²) in [6.45, 7) is 0. The molecule has 5 heteroatoms. The summed E-state index contributed by atoms with van der Waals surface area (Å²) in [5.41, 5.74) is -0.0347. The van der Waals surface area contributed by atoms with E-state index in [1.165, 1.54) is 19.2 Å². The van der Waals surface area contributed by atoms with E-state index >= 15 is 0 Å². The zero-order valence-electron chi connectivity index (χ0n) is 8.44. The number of hydrogen-bond donors (Lipinski definition) is 1. The Morgan fingerprint density at radius 1 is 1.50 bits per heavy atom. The van der Waals surface area contributed by atoms with Gasteiger partial charge in [-0.1, -0.05) is 6.07 Å². The number of methoxy groups -OCH3 is 1. The number of carbonyl (C=O) groups is 2. The summed E-state index contributed by atoms with van der Waals surface area (Å²) in [4.78, 5) is 21.0. The molecule has 0 bridgehead atoms. The van der Waals surface area contributed by atoms with Gasteiger partial charge in [0.15, 0.2) is 17.9 Å². The van der Waals surface area contributed by atoms with Gasteiger partial charge in [-0.2, -0.15) is 0 Å². The number of carboxylic acids is 1. The lowest BCUT2D eigenvalue weighted by molar-refractivity contribution is -0.131. The molecule has 1 aromatic carbocycles. The number of ether oxygens (including phenoxy) is 1. The molecule has 0 spiro atoms. The van der Waals surface area contributed by atoms with Crippen LogP contribution in [0.2, 0.25) is 0 Å². The van der Waals surface area contributed by atoms with Crippen LogP contribution in [0.4, 0.5) is 4.39 Å². The van der Waals surface area contributed by atoms with Gasteiger partial charge in [0.1, 0.15) is 0 Å². The van der Waals surface area contributed by atoms with Crippen LogP contribution in [0.15, 0.2) is 18.2 Å².